The van der Waals surface area contributed by atoms with Gasteiger partial charge in [0.05, 0.1) is 17.5 Å². The molecule has 2 heterocycles. The van der Waals surface area contributed by atoms with Gasteiger partial charge in [-0.15, -0.1) is 0 Å². The van der Waals surface area contributed by atoms with Crippen molar-refractivity contribution in [3.8, 4) is 0 Å². The van der Waals surface area contributed by atoms with Crippen molar-refractivity contribution in [3.63, 3.8) is 0 Å². The van der Waals surface area contributed by atoms with Gasteiger partial charge in [-0.1, -0.05) is 25.1 Å². The van der Waals surface area contributed by atoms with Crippen LogP contribution in [0, 0.1) is 31.6 Å². The number of imide groups is 1. The zero-order valence-corrected chi connectivity index (χ0v) is 16.2. The lowest BCUT2D eigenvalue weighted by Gasteiger charge is -2.22. The Kier molecular flexibility index (Phi) is 4.41. The summed E-state index contributed by atoms with van der Waals surface area (Å²) in [6.45, 7) is 5.78. The van der Waals surface area contributed by atoms with Crippen molar-refractivity contribution in [2.75, 3.05) is 10.3 Å². The molecule has 1 aliphatic carbocycles. The zero-order valence-electron chi connectivity index (χ0n) is 16.2. The Bertz CT molecular complexity index is 985. The van der Waals surface area contributed by atoms with Crippen LogP contribution in [0.4, 0.5) is 5.69 Å². The largest absolute Gasteiger partial charge is 0.274 e. The number of fused-ring (bicyclic) bond motifs is 1. The van der Waals surface area contributed by atoms with E-state index in [0.717, 1.165) is 11.4 Å². The van der Waals surface area contributed by atoms with Crippen LogP contribution in [0.5, 0.6) is 0 Å². The molecule has 0 radical (unpaired) electrons. The Balaban J connectivity index is 1.61. The molecule has 144 valence electrons. The third-order valence-corrected chi connectivity index (χ3v) is 5.72. The van der Waals surface area contributed by atoms with Crippen LogP contribution in [-0.4, -0.2) is 22.4 Å². The Labute approximate surface area is 163 Å². The smallest absolute Gasteiger partial charge is 0.270 e. The maximum absolute atomic E-state index is 13.0. The standard InChI is InChI=1S/C22H23N3O3/c1-13-6-4-9-18-19(13)22(28)24(21(18)27)17-8-5-7-16(12-17)20(26)23-25-14(2)10-11-15(25)3/h4-8,10-13,18-19H,9H2,1-3H3,(H,23,26)/t13-,18-,19+/m1/s1. The Morgan fingerprint density at radius 3 is 2.46 bits per heavy atom. The molecule has 1 N–H and O–H groups in total. The van der Waals surface area contributed by atoms with E-state index in [1.165, 1.54) is 4.90 Å². The summed E-state index contributed by atoms with van der Waals surface area (Å²) in [5.74, 6) is -1.25. The number of aromatic nitrogens is 1. The number of rotatable bonds is 3. The fraction of sp³-hybridized carbons (Fsp3) is 0.318. The van der Waals surface area contributed by atoms with Crippen molar-refractivity contribution in [1.82, 2.24) is 4.68 Å². The maximum Gasteiger partial charge on any atom is 0.270 e. The van der Waals surface area contributed by atoms with Crippen LogP contribution in [-0.2, 0) is 9.59 Å². The fourth-order valence-electron chi connectivity index (χ4n) is 4.20. The first-order chi connectivity index (χ1) is 13.4. The molecular formula is C22H23N3O3. The van der Waals surface area contributed by atoms with E-state index in [1.807, 2.05) is 45.1 Å². The summed E-state index contributed by atoms with van der Waals surface area (Å²) in [6.07, 6.45) is 4.57. The molecule has 6 heteroatoms. The normalized spacial score (nSPS) is 23.8. The van der Waals surface area contributed by atoms with Crippen LogP contribution >= 0.6 is 0 Å². The van der Waals surface area contributed by atoms with Gasteiger partial charge in [-0.25, -0.2) is 0 Å². The molecule has 0 bridgehead atoms. The molecular weight excluding hydrogens is 354 g/mol. The summed E-state index contributed by atoms with van der Waals surface area (Å²) in [5.41, 5.74) is 5.52. The van der Waals surface area contributed by atoms with Gasteiger partial charge in [0, 0.05) is 17.0 Å². The highest BCUT2D eigenvalue weighted by Crippen LogP contribution is 2.40. The Hall–Kier alpha value is -3.15. The van der Waals surface area contributed by atoms with E-state index >= 15 is 0 Å². The van der Waals surface area contributed by atoms with Gasteiger partial charge in [0.1, 0.15) is 0 Å². The van der Waals surface area contributed by atoms with Gasteiger partial charge in [0.25, 0.3) is 5.91 Å². The van der Waals surface area contributed by atoms with Gasteiger partial charge >= 0.3 is 0 Å². The van der Waals surface area contributed by atoms with Crippen LogP contribution in [0.2, 0.25) is 0 Å². The number of nitrogens with one attached hydrogen (secondary N) is 1. The first kappa shape index (κ1) is 18.2. The fourth-order valence-corrected chi connectivity index (χ4v) is 4.20. The predicted octanol–water partition coefficient (Wildman–Crippen LogP) is 3.19. The third-order valence-electron chi connectivity index (χ3n) is 5.72. The average Bonchev–Trinajstić information content (AvgIpc) is 3.13. The van der Waals surface area contributed by atoms with Crippen LogP contribution in [0.25, 0.3) is 0 Å². The molecule has 1 saturated heterocycles. The molecule has 2 aromatic rings. The number of carbonyl (C=O) groups excluding carboxylic acids is 3. The minimum Gasteiger partial charge on any atom is -0.274 e. The van der Waals surface area contributed by atoms with E-state index < -0.39 is 0 Å². The van der Waals surface area contributed by atoms with Crippen LogP contribution in [0.15, 0.2) is 48.6 Å². The summed E-state index contributed by atoms with van der Waals surface area (Å²) in [7, 11) is 0. The number of anilines is 1. The maximum atomic E-state index is 13.0. The molecule has 4 rings (SSSR count). The van der Waals surface area contributed by atoms with E-state index in [9.17, 15) is 14.4 Å². The van der Waals surface area contributed by atoms with Gasteiger partial charge in [0.15, 0.2) is 0 Å². The molecule has 1 fully saturated rings. The van der Waals surface area contributed by atoms with E-state index in [0.29, 0.717) is 17.7 Å². The van der Waals surface area contributed by atoms with Gasteiger partial charge in [-0.2, -0.15) is 0 Å². The predicted molar refractivity (Wildman–Crippen MR) is 106 cm³/mol. The van der Waals surface area contributed by atoms with Crippen molar-refractivity contribution < 1.29 is 14.4 Å². The summed E-state index contributed by atoms with van der Waals surface area (Å²) >= 11 is 0. The molecule has 3 amide bonds. The number of carbonyl (C=O) groups is 3. The van der Waals surface area contributed by atoms with Crippen molar-refractivity contribution in [2.45, 2.75) is 27.2 Å². The van der Waals surface area contributed by atoms with Crippen molar-refractivity contribution in [3.05, 3.63) is 65.5 Å². The van der Waals surface area contributed by atoms with E-state index in [-0.39, 0.29) is 35.5 Å². The molecule has 1 aliphatic heterocycles. The minimum atomic E-state index is -0.319. The number of allylic oxidation sites excluding steroid dienone is 2. The topological polar surface area (TPSA) is 71.4 Å². The first-order valence-corrected chi connectivity index (χ1v) is 9.49. The highest BCUT2D eigenvalue weighted by molar-refractivity contribution is 6.22. The monoisotopic (exact) mass is 377 g/mol. The molecule has 0 unspecified atom stereocenters. The zero-order chi connectivity index (χ0) is 20.0. The molecule has 0 saturated carbocycles. The average molecular weight is 377 g/mol. The second-order valence-corrected chi connectivity index (χ2v) is 7.61. The Morgan fingerprint density at radius 2 is 1.79 bits per heavy atom. The molecule has 28 heavy (non-hydrogen) atoms. The van der Waals surface area contributed by atoms with E-state index in [2.05, 4.69) is 5.43 Å². The Morgan fingerprint density at radius 1 is 1.07 bits per heavy atom. The summed E-state index contributed by atoms with van der Waals surface area (Å²) in [4.78, 5) is 39.8. The number of amides is 3. The van der Waals surface area contributed by atoms with Crippen molar-refractivity contribution in [2.24, 2.45) is 17.8 Å². The van der Waals surface area contributed by atoms with Crippen LogP contribution in [0.3, 0.4) is 0 Å². The van der Waals surface area contributed by atoms with Gasteiger partial charge in [-0.3, -0.25) is 29.4 Å². The lowest BCUT2D eigenvalue weighted by Crippen LogP contribution is -2.32. The first-order valence-electron chi connectivity index (χ1n) is 9.49. The summed E-state index contributed by atoms with van der Waals surface area (Å²) < 4.78 is 1.71. The van der Waals surface area contributed by atoms with Gasteiger partial charge in [-0.05, 0) is 56.5 Å². The SMILES string of the molecule is Cc1ccc(C)n1NC(=O)c1cccc(N2C(=O)[C@H]3[C@H](C)C=CC[C@H]3C2=O)c1. The second-order valence-electron chi connectivity index (χ2n) is 7.61. The lowest BCUT2D eigenvalue weighted by atomic mass is 9.78. The van der Waals surface area contributed by atoms with Crippen molar-refractivity contribution >= 4 is 23.4 Å². The molecule has 2 aliphatic rings. The summed E-state index contributed by atoms with van der Waals surface area (Å²) in [6, 6.07) is 10.5. The number of hydrogen-bond donors (Lipinski definition) is 1. The van der Waals surface area contributed by atoms with Gasteiger partial charge < -0.3 is 0 Å². The van der Waals surface area contributed by atoms with Crippen molar-refractivity contribution in [1.29, 1.82) is 0 Å². The number of nitrogens with zero attached hydrogens (tertiary/aromatic N) is 2. The molecule has 6 nitrogen and oxygen atoms in total. The molecule has 3 atom stereocenters. The highest BCUT2D eigenvalue weighted by atomic mass is 16.2. The highest BCUT2D eigenvalue weighted by Gasteiger charge is 2.50. The summed E-state index contributed by atoms with van der Waals surface area (Å²) in [5, 5.41) is 0. The molecule has 1 aromatic carbocycles. The number of aryl methyl sites for hydroxylation is 2. The lowest BCUT2D eigenvalue weighted by molar-refractivity contribution is -0.122. The second kappa shape index (κ2) is 6.78. The quantitative estimate of drug-likeness (QED) is 0.660. The number of hydrogen-bond acceptors (Lipinski definition) is 3. The van der Waals surface area contributed by atoms with Crippen LogP contribution < -0.4 is 10.3 Å². The molecule has 1 aromatic heterocycles. The van der Waals surface area contributed by atoms with Gasteiger partial charge in [0.2, 0.25) is 11.8 Å². The number of benzene rings is 1. The van der Waals surface area contributed by atoms with E-state index in [1.54, 1.807) is 28.9 Å². The third kappa shape index (κ3) is 2.85. The minimum absolute atomic E-state index is 0.0337. The van der Waals surface area contributed by atoms with Crippen LogP contribution in [0.1, 0.15) is 35.1 Å². The molecule has 0 spiro atoms. The van der Waals surface area contributed by atoms with E-state index in [4.69, 9.17) is 0 Å².